The van der Waals surface area contributed by atoms with E-state index < -0.39 is 0 Å². The zero-order valence-electron chi connectivity index (χ0n) is 17.5. The van der Waals surface area contributed by atoms with Gasteiger partial charge in [0, 0.05) is 9.85 Å². The predicted octanol–water partition coefficient (Wildman–Crippen LogP) is 6.22. The van der Waals surface area contributed by atoms with Gasteiger partial charge in [-0.05, 0) is 59.3 Å². The fourth-order valence-corrected chi connectivity index (χ4v) is 5.19. The minimum atomic E-state index is -0.110. The highest BCUT2D eigenvalue weighted by Gasteiger charge is 2.44. The third-order valence-electron chi connectivity index (χ3n) is 6.02. The van der Waals surface area contributed by atoms with Crippen LogP contribution in [0.25, 0.3) is 5.57 Å². The van der Waals surface area contributed by atoms with E-state index >= 15 is 0 Å². The number of anilines is 1. The molecular weight excluding hydrogens is 460 g/mol. The van der Waals surface area contributed by atoms with Gasteiger partial charge in [-0.25, -0.2) is 4.98 Å². The maximum Gasteiger partial charge on any atom is 0.230 e. The second-order valence-electron chi connectivity index (χ2n) is 8.76. The number of nitrogens with one attached hydrogen (secondary N) is 1. The van der Waals surface area contributed by atoms with Crippen molar-refractivity contribution in [1.82, 2.24) is 4.98 Å². The van der Waals surface area contributed by atoms with Crippen molar-refractivity contribution >= 4 is 43.9 Å². The number of phenols is 1. The highest BCUT2D eigenvalue weighted by molar-refractivity contribution is 9.10. The second kappa shape index (κ2) is 8.67. The molecule has 2 aromatic rings. The van der Waals surface area contributed by atoms with Crippen LogP contribution in [0, 0.1) is 23.7 Å². The van der Waals surface area contributed by atoms with E-state index in [0.717, 1.165) is 45.6 Å². The van der Waals surface area contributed by atoms with Gasteiger partial charge in [0.2, 0.25) is 5.91 Å². The molecule has 158 valence electrons. The van der Waals surface area contributed by atoms with E-state index in [4.69, 9.17) is 0 Å². The molecule has 0 saturated heterocycles. The Labute approximate surface area is 190 Å². The van der Waals surface area contributed by atoms with Crippen LogP contribution in [0.1, 0.15) is 44.0 Å². The number of aromatic nitrogens is 1. The van der Waals surface area contributed by atoms with Crippen molar-refractivity contribution in [2.75, 3.05) is 5.32 Å². The van der Waals surface area contributed by atoms with E-state index in [1.165, 1.54) is 11.3 Å². The van der Waals surface area contributed by atoms with Crippen LogP contribution in [-0.2, 0) is 17.6 Å². The molecule has 1 heterocycles. The first-order chi connectivity index (χ1) is 14.3. The number of fused-ring (bicyclic) bond motifs is 1. The zero-order chi connectivity index (χ0) is 21.4. The molecule has 1 saturated carbocycles. The molecule has 2 unspecified atom stereocenters. The molecule has 0 aliphatic heterocycles. The van der Waals surface area contributed by atoms with E-state index in [1.807, 2.05) is 11.4 Å². The average molecular weight is 487 g/mol. The third-order valence-corrected chi connectivity index (χ3v) is 7.52. The maximum atomic E-state index is 12.6. The number of halogens is 1. The molecule has 1 aromatic carbocycles. The van der Waals surface area contributed by atoms with Gasteiger partial charge in [0.05, 0.1) is 12.1 Å². The first-order valence-electron chi connectivity index (χ1n) is 10.5. The fourth-order valence-electron chi connectivity index (χ4n) is 3.98. The molecule has 3 atom stereocenters. The summed E-state index contributed by atoms with van der Waals surface area (Å²) in [5.41, 5.74) is 3.82. The molecule has 2 aliphatic rings. The lowest BCUT2D eigenvalue weighted by Crippen LogP contribution is -2.15. The molecule has 0 radical (unpaired) electrons. The molecular formula is C24H27BrN2O2S. The van der Waals surface area contributed by atoms with Crippen molar-refractivity contribution in [3.8, 4) is 5.75 Å². The van der Waals surface area contributed by atoms with Crippen molar-refractivity contribution < 1.29 is 9.90 Å². The smallest absolute Gasteiger partial charge is 0.230 e. The van der Waals surface area contributed by atoms with Gasteiger partial charge < -0.3 is 10.4 Å². The van der Waals surface area contributed by atoms with Gasteiger partial charge in [0.15, 0.2) is 5.13 Å². The van der Waals surface area contributed by atoms with Crippen LogP contribution >= 0.6 is 27.3 Å². The van der Waals surface area contributed by atoms with Crippen LogP contribution in [0.5, 0.6) is 5.75 Å². The number of nitrogens with zero attached hydrogens (tertiary/aromatic N) is 1. The molecule has 4 nitrogen and oxygen atoms in total. The highest BCUT2D eigenvalue weighted by atomic mass is 79.9. The molecule has 30 heavy (non-hydrogen) atoms. The van der Waals surface area contributed by atoms with Gasteiger partial charge in [0.1, 0.15) is 5.75 Å². The van der Waals surface area contributed by atoms with Crippen molar-refractivity contribution in [3.63, 3.8) is 0 Å². The molecule has 1 fully saturated rings. The van der Waals surface area contributed by atoms with Crippen LogP contribution < -0.4 is 5.32 Å². The number of aryl methyl sites for hydroxylation is 1. The molecule has 6 heteroatoms. The summed E-state index contributed by atoms with van der Waals surface area (Å²) in [6.07, 6.45) is 8.76. The molecule has 0 bridgehead atoms. The predicted molar refractivity (Wildman–Crippen MR) is 127 cm³/mol. The van der Waals surface area contributed by atoms with Gasteiger partial charge in [-0.2, -0.15) is 0 Å². The van der Waals surface area contributed by atoms with Crippen molar-refractivity contribution in [3.05, 3.63) is 57.0 Å². The van der Waals surface area contributed by atoms with Crippen LogP contribution in [0.2, 0.25) is 0 Å². The minimum absolute atomic E-state index is 0.110. The highest BCUT2D eigenvalue weighted by Crippen LogP contribution is 2.51. The Morgan fingerprint density at radius 2 is 2.10 bits per heavy atom. The number of amides is 1. The standard InChI is InChI=1S/C24H27BrN2O2S/c1-13(2)4-5-16-8-17(20(25)11-22(16)28)10-23(29)27-24-26-21(12-30-24)15-6-7-18-14(3)19(18)9-15/h6-9,11-14,18-19,28H,4-5,10H2,1-3H3,(H,26,27,29)/t14?,18?,19-/m0/s1. The number of phenolic OH excluding ortho intramolecular Hbond substituents is 1. The summed E-state index contributed by atoms with van der Waals surface area (Å²) in [6, 6.07) is 3.62. The van der Waals surface area contributed by atoms with E-state index in [9.17, 15) is 9.90 Å². The van der Waals surface area contributed by atoms with Crippen molar-refractivity contribution in [2.24, 2.45) is 23.7 Å². The third kappa shape index (κ3) is 4.70. The SMILES string of the molecule is CC(C)CCc1cc(CC(=O)Nc2nc(C3=C[C@H]4C(C)C4C=C3)cs2)c(Br)cc1O. The quantitative estimate of drug-likeness (QED) is 0.488. The summed E-state index contributed by atoms with van der Waals surface area (Å²) in [7, 11) is 0. The number of aromatic hydroxyl groups is 1. The first kappa shape index (κ1) is 21.3. The Kier molecular flexibility index (Phi) is 6.16. The monoisotopic (exact) mass is 486 g/mol. The van der Waals surface area contributed by atoms with Gasteiger partial charge in [0.25, 0.3) is 0 Å². The lowest BCUT2D eigenvalue weighted by molar-refractivity contribution is -0.115. The summed E-state index contributed by atoms with van der Waals surface area (Å²) in [5, 5.41) is 15.8. The van der Waals surface area contributed by atoms with Gasteiger partial charge in [-0.3, -0.25) is 4.79 Å². The van der Waals surface area contributed by atoms with E-state index in [0.29, 0.717) is 22.9 Å². The maximum absolute atomic E-state index is 12.6. The van der Waals surface area contributed by atoms with Crippen molar-refractivity contribution in [1.29, 1.82) is 0 Å². The molecule has 0 spiro atoms. The number of thiazole rings is 1. The number of hydrogen-bond donors (Lipinski definition) is 2. The van der Waals surface area contributed by atoms with Crippen molar-refractivity contribution in [2.45, 2.75) is 40.0 Å². The molecule has 4 rings (SSSR count). The van der Waals surface area contributed by atoms with E-state index in [2.05, 4.69) is 65.2 Å². The van der Waals surface area contributed by atoms with Gasteiger partial charge in [-0.1, -0.05) is 61.0 Å². The number of rotatable bonds is 7. The normalized spacial score (nSPS) is 22.0. The summed E-state index contributed by atoms with van der Waals surface area (Å²) in [6.45, 7) is 6.60. The van der Waals surface area contributed by atoms with Crippen LogP contribution in [-0.4, -0.2) is 16.0 Å². The Hall–Kier alpha value is -1.92. The lowest BCUT2D eigenvalue weighted by Gasteiger charge is -2.11. The number of carbonyl (C=O) groups is 1. The number of allylic oxidation sites excluding steroid dienone is 4. The Morgan fingerprint density at radius 3 is 2.83 bits per heavy atom. The second-order valence-corrected chi connectivity index (χ2v) is 10.5. The Bertz CT molecular complexity index is 1020. The Morgan fingerprint density at radius 1 is 1.30 bits per heavy atom. The number of hydrogen-bond acceptors (Lipinski definition) is 4. The molecule has 1 aromatic heterocycles. The van der Waals surface area contributed by atoms with Crippen LogP contribution in [0.3, 0.4) is 0 Å². The van der Waals surface area contributed by atoms with Gasteiger partial charge in [-0.15, -0.1) is 11.3 Å². The molecule has 1 amide bonds. The zero-order valence-corrected chi connectivity index (χ0v) is 19.9. The van der Waals surface area contributed by atoms with E-state index in [1.54, 1.807) is 6.07 Å². The average Bonchev–Trinajstić information content (AvgIpc) is 3.10. The minimum Gasteiger partial charge on any atom is -0.508 e. The lowest BCUT2D eigenvalue weighted by atomic mass is 9.99. The molecule has 2 N–H and O–H groups in total. The van der Waals surface area contributed by atoms with Crippen LogP contribution in [0.4, 0.5) is 5.13 Å². The number of benzene rings is 1. The van der Waals surface area contributed by atoms with Gasteiger partial charge >= 0.3 is 0 Å². The summed E-state index contributed by atoms with van der Waals surface area (Å²) in [5.74, 6) is 2.79. The topological polar surface area (TPSA) is 62.2 Å². The van der Waals surface area contributed by atoms with Crippen LogP contribution in [0.15, 0.2) is 40.2 Å². The summed E-state index contributed by atoms with van der Waals surface area (Å²) < 4.78 is 0.744. The van der Waals surface area contributed by atoms with E-state index in [-0.39, 0.29) is 18.1 Å². The largest absolute Gasteiger partial charge is 0.508 e. The molecule has 2 aliphatic carbocycles. The number of carbonyl (C=O) groups excluding carboxylic acids is 1. The fraction of sp³-hybridized carbons (Fsp3) is 0.417. The summed E-state index contributed by atoms with van der Waals surface area (Å²) >= 11 is 4.93. The Balaban J connectivity index is 1.41. The summed E-state index contributed by atoms with van der Waals surface area (Å²) in [4.78, 5) is 17.2. The first-order valence-corrected chi connectivity index (χ1v) is 12.1.